The molecule has 144 valence electrons. The van der Waals surface area contributed by atoms with E-state index in [9.17, 15) is 13.6 Å². The molecule has 7 heteroatoms. The van der Waals surface area contributed by atoms with Crippen molar-refractivity contribution in [3.63, 3.8) is 0 Å². The zero-order chi connectivity index (χ0) is 20.4. The van der Waals surface area contributed by atoms with E-state index in [4.69, 9.17) is 10.5 Å². The first kappa shape index (κ1) is 19.7. The molecule has 4 nitrogen and oxygen atoms in total. The molecule has 0 radical (unpaired) electrons. The van der Waals surface area contributed by atoms with Crippen LogP contribution in [-0.2, 0) is 7.05 Å². The highest BCUT2D eigenvalue weighted by Crippen LogP contribution is 2.38. The second-order valence-corrected chi connectivity index (χ2v) is 7.11. The van der Waals surface area contributed by atoms with Gasteiger partial charge in [-0.1, -0.05) is 18.3 Å². The van der Waals surface area contributed by atoms with Crippen LogP contribution in [0, 0.1) is 18.6 Å². The second kappa shape index (κ2) is 7.90. The van der Waals surface area contributed by atoms with Gasteiger partial charge in [-0.3, -0.25) is 4.79 Å². The molecule has 0 aliphatic heterocycles. The summed E-state index contributed by atoms with van der Waals surface area (Å²) < 4.78 is 34.4. The van der Waals surface area contributed by atoms with Crippen molar-refractivity contribution in [2.45, 2.75) is 11.8 Å². The summed E-state index contributed by atoms with van der Waals surface area (Å²) in [4.78, 5) is 13.0. The molecule has 0 spiro atoms. The van der Waals surface area contributed by atoms with Gasteiger partial charge in [-0.05, 0) is 48.2 Å². The van der Waals surface area contributed by atoms with Gasteiger partial charge in [0.25, 0.3) is 5.56 Å². The molecule has 3 aromatic rings. The highest BCUT2D eigenvalue weighted by Gasteiger charge is 2.17. The molecule has 0 fully saturated rings. The number of benzene rings is 2. The number of nitrogens with zero attached hydrogens (tertiary/aromatic N) is 1. The summed E-state index contributed by atoms with van der Waals surface area (Å²) in [5, 5.41) is 1.58. The Morgan fingerprint density at radius 1 is 1.14 bits per heavy atom. The van der Waals surface area contributed by atoms with E-state index < -0.39 is 11.6 Å². The van der Waals surface area contributed by atoms with Crippen LogP contribution in [0.3, 0.4) is 0 Å². The molecule has 0 atom stereocenters. The molecule has 0 bridgehead atoms. The summed E-state index contributed by atoms with van der Waals surface area (Å²) in [5.41, 5.74) is 8.30. The summed E-state index contributed by atoms with van der Waals surface area (Å²) in [5.74, 6) is -1.29. The number of halogens is 2. The maximum absolute atomic E-state index is 14.1. The minimum absolute atomic E-state index is 0.115. The standard InChI is InChI=1S/C21H18F2N2O2S/c1-4-28-20-12(2)16(11-25(3)21(20)26)15-10-14(24)6-8-18(15)27-19-7-5-13(22)9-17(19)23/h4-11H,1,24H2,2-3H3. The zero-order valence-corrected chi connectivity index (χ0v) is 16.1. The number of aryl methyl sites for hydroxylation is 1. The molecule has 0 saturated carbocycles. The van der Waals surface area contributed by atoms with Crippen LogP contribution in [0.2, 0.25) is 0 Å². The van der Waals surface area contributed by atoms with Crippen molar-refractivity contribution in [1.82, 2.24) is 4.57 Å². The third-order valence-electron chi connectivity index (χ3n) is 4.19. The van der Waals surface area contributed by atoms with Crippen LogP contribution in [-0.4, -0.2) is 4.57 Å². The second-order valence-electron chi connectivity index (χ2n) is 6.13. The summed E-state index contributed by atoms with van der Waals surface area (Å²) in [6, 6.07) is 8.01. The molecule has 0 saturated heterocycles. The Kier molecular flexibility index (Phi) is 5.56. The lowest BCUT2D eigenvalue weighted by atomic mass is 10.0. The van der Waals surface area contributed by atoms with Crippen molar-refractivity contribution in [3.05, 3.63) is 82.1 Å². The van der Waals surface area contributed by atoms with E-state index >= 15 is 0 Å². The monoisotopic (exact) mass is 400 g/mol. The van der Waals surface area contributed by atoms with E-state index in [0.717, 1.165) is 17.7 Å². The molecule has 0 aliphatic carbocycles. The van der Waals surface area contributed by atoms with Crippen molar-refractivity contribution in [2.24, 2.45) is 7.05 Å². The van der Waals surface area contributed by atoms with Gasteiger partial charge in [-0.25, -0.2) is 8.78 Å². The average Bonchev–Trinajstić information content (AvgIpc) is 2.65. The van der Waals surface area contributed by atoms with Gasteiger partial charge in [0.05, 0.1) is 4.90 Å². The summed E-state index contributed by atoms with van der Waals surface area (Å²) >= 11 is 1.23. The normalized spacial score (nSPS) is 10.7. The molecule has 0 unspecified atom stereocenters. The lowest BCUT2D eigenvalue weighted by Gasteiger charge is -2.17. The molecular weight excluding hydrogens is 382 g/mol. The number of ether oxygens (including phenoxy) is 1. The number of anilines is 1. The summed E-state index contributed by atoms with van der Waals surface area (Å²) in [6.45, 7) is 5.49. The van der Waals surface area contributed by atoms with Crippen LogP contribution >= 0.6 is 11.8 Å². The third-order valence-corrected chi connectivity index (χ3v) is 5.07. The minimum Gasteiger partial charge on any atom is -0.454 e. The fourth-order valence-corrected chi connectivity index (χ4v) is 3.51. The Labute approximate surface area is 165 Å². The van der Waals surface area contributed by atoms with Crippen LogP contribution in [0.1, 0.15) is 5.56 Å². The SMILES string of the molecule is C=CSc1c(C)c(-c2cc(N)ccc2Oc2ccc(F)cc2F)cn(C)c1=O. The molecule has 0 amide bonds. The molecule has 1 aromatic heterocycles. The Hall–Kier alpha value is -3.06. The van der Waals surface area contributed by atoms with Gasteiger partial charge < -0.3 is 15.0 Å². The Morgan fingerprint density at radius 2 is 1.86 bits per heavy atom. The highest BCUT2D eigenvalue weighted by molar-refractivity contribution is 8.02. The zero-order valence-electron chi connectivity index (χ0n) is 15.3. The van der Waals surface area contributed by atoms with Crippen LogP contribution in [0.25, 0.3) is 11.1 Å². The topological polar surface area (TPSA) is 57.2 Å². The van der Waals surface area contributed by atoms with E-state index in [0.29, 0.717) is 27.5 Å². The van der Waals surface area contributed by atoms with Gasteiger partial charge in [0.2, 0.25) is 0 Å². The van der Waals surface area contributed by atoms with Gasteiger partial charge in [-0.15, -0.1) is 0 Å². The number of nitrogen functional groups attached to an aromatic ring is 1. The quantitative estimate of drug-likeness (QED) is 0.469. The average molecular weight is 400 g/mol. The van der Waals surface area contributed by atoms with Crippen LogP contribution < -0.4 is 16.0 Å². The van der Waals surface area contributed by atoms with Gasteiger partial charge >= 0.3 is 0 Å². The predicted molar refractivity (Wildman–Crippen MR) is 109 cm³/mol. The van der Waals surface area contributed by atoms with E-state index in [1.807, 2.05) is 6.92 Å². The fraction of sp³-hybridized carbons (Fsp3) is 0.0952. The van der Waals surface area contributed by atoms with Crippen molar-refractivity contribution >= 4 is 17.4 Å². The minimum atomic E-state index is -0.817. The molecular formula is C21H18F2N2O2S. The van der Waals surface area contributed by atoms with Gasteiger partial charge in [-0.2, -0.15) is 0 Å². The van der Waals surface area contributed by atoms with Gasteiger partial charge in [0.1, 0.15) is 11.6 Å². The number of thioether (sulfide) groups is 1. The Morgan fingerprint density at radius 3 is 2.54 bits per heavy atom. The molecule has 3 rings (SSSR count). The molecule has 1 heterocycles. The van der Waals surface area contributed by atoms with Crippen molar-refractivity contribution < 1.29 is 13.5 Å². The number of rotatable bonds is 5. The van der Waals surface area contributed by atoms with E-state index in [1.165, 1.54) is 22.4 Å². The first-order valence-electron chi connectivity index (χ1n) is 8.32. The van der Waals surface area contributed by atoms with Crippen LogP contribution in [0.4, 0.5) is 14.5 Å². The smallest absolute Gasteiger partial charge is 0.264 e. The van der Waals surface area contributed by atoms with Crippen molar-refractivity contribution in [1.29, 1.82) is 0 Å². The lowest BCUT2D eigenvalue weighted by Crippen LogP contribution is -2.19. The first-order chi connectivity index (χ1) is 13.3. The van der Waals surface area contributed by atoms with E-state index in [-0.39, 0.29) is 11.3 Å². The Balaban J connectivity index is 2.19. The van der Waals surface area contributed by atoms with Crippen LogP contribution in [0.5, 0.6) is 11.5 Å². The molecule has 2 aromatic carbocycles. The van der Waals surface area contributed by atoms with E-state index in [1.54, 1.807) is 36.9 Å². The maximum atomic E-state index is 14.1. The molecule has 28 heavy (non-hydrogen) atoms. The summed E-state index contributed by atoms with van der Waals surface area (Å²) in [6.07, 6.45) is 1.67. The largest absolute Gasteiger partial charge is 0.454 e. The molecule has 2 N–H and O–H groups in total. The van der Waals surface area contributed by atoms with Gasteiger partial charge in [0.15, 0.2) is 11.6 Å². The number of nitrogens with two attached hydrogens (primary N) is 1. The Bertz CT molecular complexity index is 1130. The van der Waals surface area contributed by atoms with Crippen molar-refractivity contribution in [3.8, 4) is 22.6 Å². The fourth-order valence-electron chi connectivity index (χ4n) is 2.81. The first-order valence-corrected chi connectivity index (χ1v) is 9.20. The molecule has 0 aliphatic rings. The maximum Gasteiger partial charge on any atom is 0.264 e. The highest BCUT2D eigenvalue weighted by atomic mass is 32.2. The predicted octanol–water partition coefficient (Wildman–Crippen LogP) is 5.25. The number of aromatic nitrogens is 1. The number of hydrogen-bond donors (Lipinski definition) is 1. The van der Waals surface area contributed by atoms with Crippen LogP contribution in [0.15, 0.2) is 64.3 Å². The third kappa shape index (κ3) is 3.80. The number of pyridine rings is 1. The summed E-state index contributed by atoms with van der Waals surface area (Å²) in [7, 11) is 1.64. The number of hydrogen-bond acceptors (Lipinski definition) is 4. The van der Waals surface area contributed by atoms with Gasteiger partial charge in [0, 0.05) is 36.1 Å². The van der Waals surface area contributed by atoms with Crippen molar-refractivity contribution in [2.75, 3.05) is 5.73 Å². The van der Waals surface area contributed by atoms with E-state index in [2.05, 4.69) is 6.58 Å². The lowest BCUT2D eigenvalue weighted by molar-refractivity contribution is 0.439.